The number of carbonyl (C=O) groups is 1. The van der Waals surface area contributed by atoms with Crippen LogP contribution in [0.3, 0.4) is 0 Å². The minimum Gasteiger partial charge on any atom is -0.444 e. The molecule has 0 unspecified atom stereocenters. The van der Waals surface area contributed by atoms with Gasteiger partial charge in [0.05, 0.1) is 5.69 Å². The molecule has 2 rings (SSSR count). The number of hydrogen-bond donors (Lipinski definition) is 2. The van der Waals surface area contributed by atoms with E-state index >= 15 is 0 Å². The smallest absolute Gasteiger partial charge is 0.408 e. The molecule has 1 aromatic carbocycles. The molecule has 2 N–H and O–H groups in total. The number of alkyl carbamates (subject to hydrolysis) is 1. The first-order chi connectivity index (χ1) is 11.7. The number of nitrogens with one attached hydrogen (secondary N) is 1. The molecule has 2 aromatic rings. The standard InChI is InChI=1S/C17H19ClFN3O3/c1-17(2,3)25-16(24)22-14(12-8-13(18)21-9-20-12)15(23)10-5-4-6-11(19)7-10/h4-9,14-15,23H,1-3H3,(H,22,24)/t14-,15-/m1/s1. The highest BCUT2D eigenvalue weighted by atomic mass is 35.5. The van der Waals surface area contributed by atoms with Gasteiger partial charge in [0.15, 0.2) is 0 Å². The van der Waals surface area contributed by atoms with Gasteiger partial charge in [0.2, 0.25) is 0 Å². The Morgan fingerprint density at radius 1 is 1.32 bits per heavy atom. The van der Waals surface area contributed by atoms with Crippen LogP contribution in [0, 0.1) is 5.82 Å². The van der Waals surface area contributed by atoms with Crippen LogP contribution in [-0.4, -0.2) is 26.8 Å². The van der Waals surface area contributed by atoms with Crippen molar-refractivity contribution in [3.8, 4) is 0 Å². The summed E-state index contributed by atoms with van der Waals surface area (Å²) in [5.74, 6) is -0.506. The second kappa shape index (κ2) is 7.76. The molecule has 25 heavy (non-hydrogen) atoms. The summed E-state index contributed by atoms with van der Waals surface area (Å²) in [7, 11) is 0. The third-order valence-corrected chi connectivity index (χ3v) is 3.36. The molecule has 0 spiro atoms. The predicted molar refractivity (Wildman–Crippen MR) is 90.5 cm³/mol. The fraction of sp³-hybridized carbons (Fsp3) is 0.353. The lowest BCUT2D eigenvalue weighted by Gasteiger charge is -2.26. The van der Waals surface area contributed by atoms with Gasteiger partial charge in [-0.3, -0.25) is 0 Å². The number of nitrogens with zero attached hydrogens (tertiary/aromatic N) is 2. The highest BCUT2D eigenvalue weighted by molar-refractivity contribution is 6.29. The maximum atomic E-state index is 13.5. The molecule has 1 aromatic heterocycles. The summed E-state index contributed by atoms with van der Waals surface area (Å²) >= 11 is 5.87. The van der Waals surface area contributed by atoms with Gasteiger partial charge in [0, 0.05) is 0 Å². The SMILES string of the molecule is CC(C)(C)OC(=O)N[C@H](c1cc(Cl)ncn1)[C@H](O)c1cccc(F)c1. The quantitative estimate of drug-likeness (QED) is 0.807. The number of carbonyl (C=O) groups excluding carboxylic acids is 1. The molecule has 1 amide bonds. The van der Waals surface area contributed by atoms with Crippen molar-refractivity contribution in [3.63, 3.8) is 0 Å². The van der Waals surface area contributed by atoms with Gasteiger partial charge in [-0.1, -0.05) is 23.7 Å². The normalized spacial score (nSPS) is 13.8. The summed E-state index contributed by atoms with van der Waals surface area (Å²) in [5.41, 5.74) is -0.180. The molecule has 8 heteroatoms. The number of aromatic nitrogens is 2. The molecular weight excluding hydrogens is 349 g/mol. The third kappa shape index (κ3) is 5.65. The first kappa shape index (κ1) is 19.1. The van der Waals surface area contributed by atoms with E-state index in [2.05, 4.69) is 15.3 Å². The Bertz CT molecular complexity index is 752. The van der Waals surface area contributed by atoms with Gasteiger partial charge >= 0.3 is 6.09 Å². The molecule has 0 aliphatic heterocycles. The van der Waals surface area contributed by atoms with Crippen LogP contribution in [0.2, 0.25) is 5.15 Å². The van der Waals surface area contributed by atoms with Crippen LogP contribution >= 0.6 is 11.6 Å². The summed E-state index contributed by atoms with van der Waals surface area (Å²) in [4.78, 5) is 19.9. The first-order valence-electron chi connectivity index (χ1n) is 7.56. The van der Waals surface area contributed by atoms with E-state index in [0.29, 0.717) is 0 Å². The number of rotatable bonds is 4. The van der Waals surface area contributed by atoms with Crippen molar-refractivity contribution in [3.05, 3.63) is 58.9 Å². The summed E-state index contributed by atoms with van der Waals surface area (Å²) in [5, 5.41) is 13.4. The van der Waals surface area contributed by atoms with E-state index in [4.69, 9.17) is 16.3 Å². The molecule has 1 heterocycles. The Morgan fingerprint density at radius 2 is 2.04 bits per heavy atom. The molecule has 0 aliphatic carbocycles. The van der Waals surface area contributed by atoms with Crippen molar-refractivity contribution in [2.45, 2.75) is 38.5 Å². The third-order valence-electron chi connectivity index (χ3n) is 3.15. The van der Waals surface area contributed by atoms with Crippen LogP contribution < -0.4 is 5.32 Å². The van der Waals surface area contributed by atoms with Gasteiger partial charge in [-0.05, 0) is 44.5 Å². The van der Waals surface area contributed by atoms with E-state index < -0.39 is 29.7 Å². The van der Waals surface area contributed by atoms with Crippen molar-refractivity contribution in [2.75, 3.05) is 0 Å². The van der Waals surface area contributed by atoms with Crippen LogP contribution in [0.1, 0.15) is 44.2 Å². The number of amides is 1. The number of benzene rings is 1. The molecule has 0 saturated heterocycles. The zero-order valence-corrected chi connectivity index (χ0v) is 14.8. The van der Waals surface area contributed by atoms with Crippen molar-refractivity contribution in [1.82, 2.24) is 15.3 Å². The Kier molecular flexibility index (Phi) is 5.92. The molecule has 6 nitrogen and oxygen atoms in total. The maximum Gasteiger partial charge on any atom is 0.408 e. The summed E-state index contributed by atoms with van der Waals surface area (Å²) in [6.07, 6.45) is -0.809. The van der Waals surface area contributed by atoms with E-state index in [9.17, 15) is 14.3 Å². The molecule has 0 bridgehead atoms. The Morgan fingerprint density at radius 3 is 2.64 bits per heavy atom. The van der Waals surface area contributed by atoms with Gasteiger partial charge in [-0.15, -0.1) is 0 Å². The lowest BCUT2D eigenvalue weighted by Crippen LogP contribution is -2.37. The van der Waals surface area contributed by atoms with Crippen molar-refractivity contribution in [1.29, 1.82) is 0 Å². The summed E-state index contributed by atoms with van der Waals surface area (Å²) in [6, 6.07) is 5.85. The monoisotopic (exact) mass is 367 g/mol. The number of halogens is 2. The van der Waals surface area contributed by atoms with Gasteiger partial charge < -0.3 is 15.2 Å². The second-order valence-corrected chi connectivity index (χ2v) is 6.78. The van der Waals surface area contributed by atoms with E-state index in [1.165, 1.54) is 30.6 Å². The highest BCUT2D eigenvalue weighted by Crippen LogP contribution is 2.29. The zero-order chi connectivity index (χ0) is 18.6. The highest BCUT2D eigenvalue weighted by Gasteiger charge is 2.28. The van der Waals surface area contributed by atoms with Crippen LogP contribution in [0.25, 0.3) is 0 Å². The molecule has 0 fully saturated rings. The van der Waals surface area contributed by atoms with Crippen LogP contribution in [0.5, 0.6) is 0 Å². The molecule has 0 saturated carbocycles. The average Bonchev–Trinajstić information content (AvgIpc) is 2.50. The molecule has 0 radical (unpaired) electrons. The van der Waals surface area contributed by atoms with E-state index in [1.54, 1.807) is 26.8 Å². The Labute approximate surface area is 150 Å². The van der Waals surface area contributed by atoms with Crippen molar-refractivity contribution >= 4 is 17.7 Å². The van der Waals surface area contributed by atoms with Crippen LogP contribution in [-0.2, 0) is 4.74 Å². The van der Waals surface area contributed by atoms with Crippen molar-refractivity contribution in [2.24, 2.45) is 0 Å². The lowest BCUT2D eigenvalue weighted by atomic mass is 9.99. The number of aliphatic hydroxyl groups excluding tert-OH is 1. The fourth-order valence-corrected chi connectivity index (χ4v) is 2.30. The first-order valence-corrected chi connectivity index (χ1v) is 7.94. The number of ether oxygens (including phenoxy) is 1. The van der Waals surface area contributed by atoms with Gasteiger partial charge in [0.25, 0.3) is 0 Å². The van der Waals surface area contributed by atoms with E-state index in [0.717, 1.165) is 0 Å². The average molecular weight is 368 g/mol. The Balaban J connectivity index is 2.33. The number of hydrogen-bond acceptors (Lipinski definition) is 5. The molecule has 2 atom stereocenters. The van der Waals surface area contributed by atoms with Crippen LogP contribution in [0.15, 0.2) is 36.7 Å². The maximum absolute atomic E-state index is 13.5. The lowest BCUT2D eigenvalue weighted by molar-refractivity contribution is 0.0415. The van der Waals surface area contributed by atoms with E-state index in [-0.39, 0.29) is 16.4 Å². The zero-order valence-electron chi connectivity index (χ0n) is 14.0. The topological polar surface area (TPSA) is 84.3 Å². The predicted octanol–water partition coefficient (Wildman–Crippen LogP) is 3.57. The van der Waals surface area contributed by atoms with Gasteiger partial charge in [-0.25, -0.2) is 19.2 Å². The molecule has 134 valence electrons. The summed E-state index contributed by atoms with van der Waals surface area (Å²) in [6.45, 7) is 5.14. The summed E-state index contributed by atoms with van der Waals surface area (Å²) < 4.78 is 18.7. The van der Waals surface area contributed by atoms with Crippen LogP contribution in [0.4, 0.5) is 9.18 Å². The van der Waals surface area contributed by atoms with Gasteiger partial charge in [-0.2, -0.15) is 0 Å². The minimum absolute atomic E-state index is 0.146. The van der Waals surface area contributed by atoms with Gasteiger partial charge in [0.1, 0.15) is 35.0 Å². The fourth-order valence-electron chi connectivity index (χ4n) is 2.15. The van der Waals surface area contributed by atoms with E-state index in [1.807, 2.05) is 0 Å². The van der Waals surface area contributed by atoms with Crippen molar-refractivity contribution < 1.29 is 19.0 Å². The largest absolute Gasteiger partial charge is 0.444 e. The number of aliphatic hydroxyl groups is 1. The molecular formula is C17H19ClFN3O3. The Hall–Kier alpha value is -2.25. The molecule has 0 aliphatic rings. The minimum atomic E-state index is -1.27. The second-order valence-electron chi connectivity index (χ2n) is 6.39.